The van der Waals surface area contributed by atoms with Crippen LogP contribution in [0.15, 0.2) is 24.5 Å². The van der Waals surface area contributed by atoms with Gasteiger partial charge in [-0.1, -0.05) is 0 Å². The second-order valence-electron chi connectivity index (χ2n) is 3.98. The molecule has 16 heavy (non-hydrogen) atoms. The number of hydrogen-bond acceptors (Lipinski definition) is 4. The summed E-state index contributed by atoms with van der Waals surface area (Å²) in [5.74, 6) is 0. The highest BCUT2D eigenvalue weighted by Gasteiger charge is 2.06. The summed E-state index contributed by atoms with van der Waals surface area (Å²) in [7, 11) is 3.81. The van der Waals surface area contributed by atoms with Crippen LogP contribution in [-0.4, -0.2) is 43.2 Å². The molecule has 0 fully saturated rings. The molecule has 0 bridgehead atoms. The summed E-state index contributed by atoms with van der Waals surface area (Å²) in [6, 6.07) is 4.07. The third-order valence-corrected chi connectivity index (χ3v) is 2.63. The fourth-order valence-electron chi connectivity index (χ4n) is 1.58. The van der Waals surface area contributed by atoms with Crippen molar-refractivity contribution < 1.29 is 4.74 Å². The third-order valence-electron chi connectivity index (χ3n) is 2.63. The first kappa shape index (κ1) is 13.1. The molecule has 1 rings (SSSR count). The smallest absolute Gasteiger partial charge is 0.0705 e. The lowest BCUT2D eigenvalue weighted by atomic mass is 10.2. The molecule has 1 unspecified atom stereocenters. The molecule has 2 N–H and O–H groups in total. The SMILES string of the molecule is COC(CN)CCN(C)Cc1ccncc1. The molecule has 0 aliphatic rings. The van der Waals surface area contributed by atoms with Gasteiger partial charge < -0.3 is 15.4 Å². The van der Waals surface area contributed by atoms with Crippen molar-refractivity contribution in [1.82, 2.24) is 9.88 Å². The van der Waals surface area contributed by atoms with Gasteiger partial charge in [-0.2, -0.15) is 0 Å². The molecule has 0 aliphatic heterocycles. The average Bonchev–Trinajstić information content (AvgIpc) is 2.31. The first-order valence-corrected chi connectivity index (χ1v) is 5.56. The molecule has 1 aromatic heterocycles. The molecule has 1 atom stereocenters. The van der Waals surface area contributed by atoms with Crippen molar-refractivity contribution in [2.24, 2.45) is 5.73 Å². The Morgan fingerprint density at radius 2 is 2.12 bits per heavy atom. The minimum atomic E-state index is 0.167. The van der Waals surface area contributed by atoms with E-state index in [2.05, 4.69) is 16.9 Å². The van der Waals surface area contributed by atoms with Crippen LogP contribution in [0.4, 0.5) is 0 Å². The van der Waals surface area contributed by atoms with Crippen molar-refractivity contribution in [2.45, 2.75) is 19.1 Å². The standard InChI is InChI=1S/C12H21N3O/c1-15(8-5-12(9-13)16-2)10-11-3-6-14-7-4-11/h3-4,6-7,12H,5,8-10,13H2,1-2H3. The Morgan fingerprint density at radius 1 is 1.44 bits per heavy atom. The Balaban J connectivity index is 2.28. The monoisotopic (exact) mass is 223 g/mol. The minimum absolute atomic E-state index is 0.167. The second kappa shape index (κ2) is 7.33. The molecule has 0 aromatic carbocycles. The second-order valence-corrected chi connectivity index (χ2v) is 3.98. The lowest BCUT2D eigenvalue weighted by Crippen LogP contribution is -2.28. The van der Waals surface area contributed by atoms with Gasteiger partial charge in [0, 0.05) is 39.1 Å². The summed E-state index contributed by atoms with van der Waals surface area (Å²) in [6.45, 7) is 2.50. The predicted octanol–water partition coefficient (Wildman–Crippen LogP) is 0.877. The molecule has 0 spiro atoms. The molecule has 4 heteroatoms. The van der Waals surface area contributed by atoms with Gasteiger partial charge in [0.2, 0.25) is 0 Å². The van der Waals surface area contributed by atoms with E-state index in [1.165, 1.54) is 5.56 Å². The maximum atomic E-state index is 5.57. The van der Waals surface area contributed by atoms with Crippen LogP contribution < -0.4 is 5.73 Å². The predicted molar refractivity (Wildman–Crippen MR) is 65.0 cm³/mol. The van der Waals surface area contributed by atoms with Crippen LogP contribution in [-0.2, 0) is 11.3 Å². The molecule has 0 saturated heterocycles. The molecule has 1 aromatic rings. The zero-order chi connectivity index (χ0) is 11.8. The topological polar surface area (TPSA) is 51.4 Å². The molecule has 90 valence electrons. The Hall–Kier alpha value is -0.970. The van der Waals surface area contributed by atoms with E-state index in [0.717, 1.165) is 19.5 Å². The van der Waals surface area contributed by atoms with Gasteiger partial charge >= 0.3 is 0 Å². The molecular weight excluding hydrogens is 202 g/mol. The van der Waals surface area contributed by atoms with E-state index in [9.17, 15) is 0 Å². The third kappa shape index (κ3) is 4.70. The van der Waals surface area contributed by atoms with Crippen LogP contribution in [0.3, 0.4) is 0 Å². The Morgan fingerprint density at radius 3 is 2.69 bits per heavy atom. The van der Waals surface area contributed by atoms with Gasteiger partial charge in [0.1, 0.15) is 0 Å². The molecule has 0 radical (unpaired) electrons. The van der Waals surface area contributed by atoms with Gasteiger partial charge in [0.25, 0.3) is 0 Å². The number of nitrogens with two attached hydrogens (primary N) is 1. The van der Waals surface area contributed by atoms with Gasteiger partial charge in [-0.25, -0.2) is 0 Å². The van der Waals surface area contributed by atoms with Gasteiger partial charge in [-0.3, -0.25) is 4.98 Å². The number of nitrogens with zero attached hydrogens (tertiary/aromatic N) is 2. The van der Waals surface area contributed by atoms with Gasteiger partial charge in [0.15, 0.2) is 0 Å². The summed E-state index contributed by atoms with van der Waals surface area (Å²) in [6.07, 6.45) is 4.77. The van der Waals surface area contributed by atoms with Crippen LogP contribution in [0.1, 0.15) is 12.0 Å². The van der Waals surface area contributed by atoms with Crippen molar-refractivity contribution in [3.8, 4) is 0 Å². The molecule has 0 aliphatic carbocycles. The van der Waals surface area contributed by atoms with Gasteiger partial charge in [-0.15, -0.1) is 0 Å². The van der Waals surface area contributed by atoms with Crippen molar-refractivity contribution >= 4 is 0 Å². The van der Waals surface area contributed by atoms with Gasteiger partial charge in [0.05, 0.1) is 6.10 Å². The fourth-order valence-corrected chi connectivity index (χ4v) is 1.58. The number of hydrogen-bond donors (Lipinski definition) is 1. The zero-order valence-corrected chi connectivity index (χ0v) is 10.1. The first-order chi connectivity index (χ1) is 7.76. The Labute approximate surface area is 97.4 Å². The van der Waals surface area contributed by atoms with Crippen molar-refractivity contribution in [1.29, 1.82) is 0 Å². The molecule has 0 saturated carbocycles. The van der Waals surface area contributed by atoms with Crippen LogP contribution in [0.2, 0.25) is 0 Å². The van der Waals surface area contributed by atoms with Gasteiger partial charge in [-0.05, 0) is 31.2 Å². The Kier molecular flexibility index (Phi) is 6.00. The van der Waals surface area contributed by atoms with E-state index in [-0.39, 0.29) is 6.10 Å². The van der Waals surface area contributed by atoms with Crippen LogP contribution >= 0.6 is 0 Å². The number of ether oxygens (including phenoxy) is 1. The molecule has 0 amide bonds. The highest BCUT2D eigenvalue weighted by molar-refractivity contribution is 5.09. The van der Waals surface area contributed by atoms with E-state index >= 15 is 0 Å². The maximum Gasteiger partial charge on any atom is 0.0705 e. The summed E-state index contributed by atoms with van der Waals surface area (Å²) in [4.78, 5) is 6.26. The molecule has 4 nitrogen and oxygen atoms in total. The molecule has 1 heterocycles. The van der Waals surface area contributed by atoms with Crippen LogP contribution in [0.25, 0.3) is 0 Å². The number of rotatable bonds is 7. The zero-order valence-electron chi connectivity index (χ0n) is 10.1. The number of pyridine rings is 1. The van der Waals surface area contributed by atoms with E-state index in [1.54, 1.807) is 7.11 Å². The first-order valence-electron chi connectivity index (χ1n) is 5.56. The van der Waals surface area contributed by atoms with E-state index < -0.39 is 0 Å². The summed E-state index contributed by atoms with van der Waals surface area (Å²) >= 11 is 0. The largest absolute Gasteiger partial charge is 0.380 e. The van der Waals surface area contributed by atoms with Crippen LogP contribution in [0, 0.1) is 0 Å². The molecular formula is C12H21N3O. The van der Waals surface area contributed by atoms with E-state index in [4.69, 9.17) is 10.5 Å². The fraction of sp³-hybridized carbons (Fsp3) is 0.583. The minimum Gasteiger partial charge on any atom is -0.380 e. The Bertz CT molecular complexity index is 275. The highest BCUT2D eigenvalue weighted by atomic mass is 16.5. The van der Waals surface area contributed by atoms with Crippen LogP contribution in [0.5, 0.6) is 0 Å². The number of aromatic nitrogens is 1. The quantitative estimate of drug-likeness (QED) is 0.745. The average molecular weight is 223 g/mol. The van der Waals surface area contributed by atoms with Crippen molar-refractivity contribution in [2.75, 3.05) is 27.2 Å². The summed E-state index contributed by atoms with van der Waals surface area (Å²) in [5, 5.41) is 0. The van der Waals surface area contributed by atoms with Crippen molar-refractivity contribution in [3.05, 3.63) is 30.1 Å². The normalized spacial score (nSPS) is 13.0. The highest BCUT2D eigenvalue weighted by Crippen LogP contribution is 2.03. The summed E-state index contributed by atoms with van der Waals surface area (Å²) in [5.41, 5.74) is 6.85. The maximum absolute atomic E-state index is 5.57. The van der Waals surface area contributed by atoms with Crippen molar-refractivity contribution in [3.63, 3.8) is 0 Å². The van der Waals surface area contributed by atoms with E-state index in [0.29, 0.717) is 6.54 Å². The lowest BCUT2D eigenvalue weighted by molar-refractivity contribution is 0.0919. The lowest BCUT2D eigenvalue weighted by Gasteiger charge is -2.19. The summed E-state index contributed by atoms with van der Waals surface area (Å²) < 4.78 is 5.24. The van der Waals surface area contributed by atoms with E-state index in [1.807, 2.05) is 24.5 Å². The number of methoxy groups -OCH3 is 1.